The number of halogens is 1. The lowest BCUT2D eigenvalue weighted by Crippen LogP contribution is -2.42. The van der Waals surface area contributed by atoms with Gasteiger partial charge in [-0.3, -0.25) is 9.78 Å². The van der Waals surface area contributed by atoms with Crippen molar-refractivity contribution in [3.05, 3.63) is 60.3 Å². The van der Waals surface area contributed by atoms with Crippen LogP contribution in [0.1, 0.15) is 49.7 Å². The molecule has 0 saturated carbocycles. The number of likely N-dealkylation sites (tertiary alicyclic amines) is 1. The van der Waals surface area contributed by atoms with Crippen LogP contribution in [-0.4, -0.2) is 57.7 Å². The number of hydrogen-bond acceptors (Lipinski definition) is 6. The first kappa shape index (κ1) is 25.0. The molecule has 3 aromatic rings. The van der Waals surface area contributed by atoms with Gasteiger partial charge in [-0.15, -0.1) is 0 Å². The summed E-state index contributed by atoms with van der Waals surface area (Å²) in [6, 6.07) is 9.04. The number of nitrogens with zero attached hydrogens (tertiary/aromatic N) is 4. The van der Waals surface area contributed by atoms with Gasteiger partial charge in [-0.2, -0.15) is 0 Å². The van der Waals surface area contributed by atoms with Crippen LogP contribution >= 0.6 is 0 Å². The van der Waals surface area contributed by atoms with Crippen molar-refractivity contribution >= 4 is 16.9 Å². The molecule has 0 radical (unpaired) electrons. The number of aliphatic carboxylic acids is 1. The van der Waals surface area contributed by atoms with Crippen molar-refractivity contribution in [2.75, 3.05) is 26.7 Å². The van der Waals surface area contributed by atoms with Crippen molar-refractivity contribution < 1.29 is 19.0 Å². The second-order valence-corrected chi connectivity index (χ2v) is 9.30. The molecule has 186 valence electrons. The number of pyridine rings is 1. The van der Waals surface area contributed by atoms with Gasteiger partial charge in [0.2, 0.25) is 0 Å². The number of carbonyl (C=O) groups is 1. The van der Waals surface area contributed by atoms with E-state index in [0.29, 0.717) is 24.2 Å². The maximum Gasteiger partial charge on any atom is 0.303 e. The fraction of sp³-hybridized carbons (Fsp3) is 0.481. The van der Waals surface area contributed by atoms with Crippen molar-refractivity contribution in [2.45, 2.75) is 44.7 Å². The first-order valence-electron chi connectivity index (χ1n) is 12.3. The molecule has 1 aromatic carbocycles. The SMILES string of the molecule is COc1ccc2nccc(C(F)CC[C@@H]3CCN(CCCc4ncccn4)C[C@@H]3CC(=O)O)c2c1. The highest BCUT2D eigenvalue weighted by Crippen LogP contribution is 2.36. The largest absolute Gasteiger partial charge is 0.497 e. The Kier molecular flexibility index (Phi) is 8.58. The summed E-state index contributed by atoms with van der Waals surface area (Å²) in [5.41, 5.74) is 1.35. The summed E-state index contributed by atoms with van der Waals surface area (Å²) >= 11 is 0. The molecule has 0 amide bonds. The molecule has 8 heteroatoms. The van der Waals surface area contributed by atoms with E-state index in [1.165, 1.54) is 0 Å². The fourth-order valence-corrected chi connectivity index (χ4v) is 5.18. The molecule has 35 heavy (non-hydrogen) atoms. The molecule has 2 aromatic heterocycles. The number of carboxylic acids is 1. The quantitative estimate of drug-likeness (QED) is 0.419. The molecule has 0 bridgehead atoms. The summed E-state index contributed by atoms with van der Waals surface area (Å²) in [5, 5.41) is 10.3. The van der Waals surface area contributed by atoms with Crippen molar-refractivity contribution in [2.24, 2.45) is 11.8 Å². The normalized spacial score (nSPS) is 19.5. The summed E-state index contributed by atoms with van der Waals surface area (Å²) in [6.07, 6.45) is 7.77. The Bertz CT molecular complexity index is 1110. The summed E-state index contributed by atoms with van der Waals surface area (Å²) < 4.78 is 20.8. The van der Waals surface area contributed by atoms with Gasteiger partial charge in [0.1, 0.15) is 17.7 Å². The third kappa shape index (κ3) is 6.72. The third-order valence-corrected chi connectivity index (χ3v) is 7.02. The van der Waals surface area contributed by atoms with Crippen LogP contribution in [0.25, 0.3) is 10.9 Å². The molecule has 0 aliphatic carbocycles. The molecule has 1 saturated heterocycles. The van der Waals surface area contributed by atoms with Crippen LogP contribution in [0.3, 0.4) is 0 Å². The van der Waals surface area contributed by atoms with E-state index in [-0.39, 0.29) is 18.3 Å². The monoisotopic (exact) mass is 480 g/mol. The fourth-order valence-electron chi connectivity index (χ4n) is 5.18. The van der Waals surface area contributed by atoms with Crippen molar-refractivity contribution in [3.63, 3.8) is 0 Å². The minimum Gasteiger partial charge on any atom is -0.497 e. The Labute approximate surface area is 205 Å². The highest BCUT2D eigenvalue weighted by atomic mass is 19.1. The molecule has 1 unspecified atom stereocenters. The number of aryl methyl sites for hydroxylation is 1. The average molecular weight is 481 g/mol. The van der Waals surface area contributed by atoms with Crippen molar-refractivity contribution in [1.29, 1.82) is 0 Å². The Morgan fingerprint density at radius 1 is 1.20 bits per heavy atom. The number of alkyl halides is 1. The lowest BCUT2D eigenvalue weighted by atomic mass is 9.79. The Morgan fingerprint density at radius 3 is 2.80 bits per heavy atom. The predicted octanol–water partition coefficient (Wildman–Crippen LogP) is 4.87. The zero-order valence-electron chi connectivity index (χ0n) is 20.1. The van der Waals surface area contributed by atoms with E-state index in [1.54, 1.807) is 37.8 Å². The molecule has 1 N–H and O–H groups in total. The van der Waals surface area contributed by atoms with Gasteiger partial charge in [-0.25, -0.2) is 14.4 Å². The van der Waals surface area contributed by atoms with E-state index in [2.05, 4.69) is 19.9 Å². The van der Waals surface area contributed by atoms with Gasteiger partial charge in [0, 0.05) is 43.4 Å². The topological polar surface area (TPSA) is 88.4 Å². The van der Waals surface area contributed by atoms with Crippen LogP contribution < -0.4 is 4.74 Å². The van der Waals surface area contributed by atoms with Gasteiger partial charge >= 0.3 is 5.97 Å². The first-order valence-corrected chi connectivity index (χ1v) is 12.3. The number of rotatable bonds is 11. The second kappa shape index (κ2) is 12.0. The van der Waals surface area contributed by atoms with Crippen molar-refractivity contribution in [1.82, 2.24) is 19.9 Å². The minimum atomic E-state index is -1.14. The molecule has 4 rings (SSSR count). The molecular weight excluding hydrogens is 447 g/mol. The smallest absolute Gasteiger partial charge is 0.303 e. The van der Waals surface area contributed by atoms with Gasteiger partial charge in [0.25, 0.3) is 0 Å². The molecule has 0 spiro atoms. The Balaban J connectivity index is 1.35. The predicted molar refractivity (Wildman–Crippen MR) is 132 cm³/mol. The van der Waals surface area contributed by atoms with Gasteiger partial charge in [0.05, 0.1) is 12.6 Å². The number of carboxylic acid groups (broad SMARTS) is 1. The van der Waals surface area contributed by atoms with Crippen LogP contribution in [-0.2, 0) is 11.2 Å². The van der Waals surface area contributed by atoms with Crippen LogP contribution in [0.2, 0.25) is 0 Å². The van der Waals surface area contributed by atoms with E-state index in [0.717, 1.165) is 55.6 Å². The molecule has 1 aliphatic rings. The van der Waals surface area contributed by atoms with E-state index >= 15 is 4.39 Å². The maximum absolute atomic E-state index is 15.4. The van der Waals surface area contributed by atoms with E-state index in [4.69, 9.17) is 4.74 Å². The second-order valence-electron chi connectivity index (χ2n) is 9.30. The highest BCUT2D eigenvalue weighted by molar-refractivity contribution is 5.83. The standard InChI is InChI=1S/C27H33FN4O3/c1-35-21-6-8-25-23(17-21)22(9-13-29-25)24(28)7-5-19-10-15-32(18-20(19)16-27(33)34)14-2-4-26-30-11-3-12-31-26/h3,6,8-9,11-13,17,19-20,24H,2,4-5,7,10,14-16,18H2,1H3,(H,33,34)/t19-,20+,24?/m1/s1. The first-order chi connectivity index (χ1) is 17.0. The number of fused-ring (bicyclic) bond motifs is 1. The average Bonchev–Trinajstić information content (AvgIpc) is 2.87. The Morgan fingerprint density at radius 2 is 2.03 bits per heavy atom. The lowest BCUT2D eigenvalue weighted by molar-refractivity contribution is -0.139. The van der Waals surface area contributed by atoms with Crippen LogP contribution in [0.4, 0.5) is 4.39 Å². The summed E-state index contributed by atoms with van der Waals surface area (Å²) in [4.78, 5) is 26.8. The number of hydrogen-bond donors (Lipinski definition) is 1. The lowest BCUT2D eigenvalue weighted by Gasteiger charge is -2.38. The van der Waals surface area contributed by atoms with Crippen LogP contribution in [0.15, 0.2) is 48.9 Å². The number of methoxy groups -OCH3 is 1. The van der Waals surface area contributed by atoms with E-state index in [1.807, 2.05) is 18.2 Å². The van der Waals surface area contributed by atoms with E-state index < -0.39 is 12.1 Å². The number of benzene rings is 1. The molecule has 3 atom stereocenters. The zero-order valence-corrected chi connectivity index (χ0v) is 20.1. The third-order valence-electron chi connectivity index (χ3n) is 7.02. The number of aromatic nitrogens is 3. The summed E-state index contributed by atoms with van der Waals surface area (Å²) in [6.45, 7) is 2.53. The van der Waals surface area contributed by atoms with Crippen LogP contribution in [0.5, 0.6) is 5.75 Å². The van der Waals surface area contributed by atoms with Gasteiger partial charge in [-0.05, 0) is 86.5 Å². The molecular formula is C27H33FN4O3. The molecule has 7 nitrogen and oxygen atoms in total. The Hall–Kier alpha value is -3.13. The van der Waals surface area contributed by atoms with Gasteiger partial charge in [-0.1, -0.05) is 0 Å². The number of piperidine rings is 1. The van der Waals surface area contributed by atoms with Crippen molar-refractivity contribution in [3.8, 4) is 5.75 Å². The molecule has 1 aliphatic heterocycles. The molecule has 1 fully saturated rings. The minimum absolute atomic E-state index is 0.0238. The highest BCUT2D eigenvalue weighted by Gasteiger charge is 2.31. The van der Waals surface area contributed by atoms with E-state index in [9.17, 15) is 9.90 Å². The zero-order chi connectivity index (χ0) is 24.6. The maximum atomic E-state index is 15.4. The van der Waals surface area contributed by atoms with Gasteiger partial charge < -0.3 is 14.7 Å². The summed E-state index contributed by atoms with van der Waals surface area (Å²) in [5.74, 6) is 0.936. The number of ether oxygens (including phenoxy) is 1. The summed E-state index contributed by atoms with van der Waals surface area (Å²) in [7, 11) is 1.59. The van der Waals surface area contributed by atoms with Gasteiger partial charge in [0.15, 0.2) is 0 Å². The molecule has 3 heterocycles. The van der Waals surface area contributed by atoms with Crippen LogP contribution in [0, 0.1) is 11.8 Å².